The minimum Gasteiger partial charge on any atom is -0.481 e. The molecule has 0 atom stereocenters. The highest BCUT2D eigenvalue weighted by Crippen LogP contribution is 2.27. The van der Waals surface area contributed by atoms with Crippen LogP contribution in [0.5, 0.6) is 0 Å². The topological polar surface area (TPSA) is 79.3 Å². The first kappa shape index (κ1) is 12.3. The van der Waals surface area contributed by atoms with E-state index in [0.29, 0.717) is 21.6 Å². The standard InChI is InChI=1S/C12H9ClN2O3/c13-8-3-4-9(15-10(16)6-11(17)18)12-7(8)2-1-5-14-12/h1-5H,6H2,(H,15,16)(H,17,18). The first-order valence-electron chi connectivity index (χ1n) is 5.13. The van der Waals surface area contributed by atoms with Gasteiger partial charge in [0.2, 0.25) is 5.91 Å². The van der Waals surface area contributed by atoms with Crippen molar-refractivity contribution in [2.24, 2.45) is 0 Å². The Hall–Kier alpha value is -2.14. The van der Waals surface area contributed by atoms with Gasteiger partial charge in [-0.25, -0.2) is 0 Å². The van der Waals surface area contributed by atoms with Gasteiger partial charge in [-0.2, -0.15) is 0 Å². The molecule has 0 fully saturated rings. The average molecular weight is 265 g/mol. The number of carbonyl (C=O) groups is 2. The van der Waals surface area contributed by atoms with Gasteiger partial charge in [0.15, 0.2) is 0 Å². The van der Waals surface area contributed by atoms with Gasteiger partial charge in [0.25, 0.3) is 0 Å². The Labute approximate surface area is 107 Å². The molecule has 1 aromatic heterocycles. The zero-order chi connectivity index (χ0) is 13.1. The third-order valence-corrected chi connectivity index (χ3v) is 2.63. The number of benzene rings is 1. The van der Waals surface area contributed by atoms with Crippen LogP contribution in [0.15, 0.2) is 30.5 Å². The normalized spacial score (nSPS) is 10.3. The fraction of sp³-hybridized carbons (Fsp3) is 0.0833. The Kier molecular flexibility index (Phi) is 3.43. The smallest absolute Gasteiger partial charge is 0.312 e. The minimum atomic E-state index is -1.18. The number of pyridine rings is 1. The summed E-state index contributed by atoms with van der Waals surface area (Å²) in [4.78, 5) is 25.9. The molecule has 0 saturated heterocycles. The molecule has 0 radical (unpaired) electrons. The van der Waals surface area contributed by atoms with E-state index in [1.54, 1.807) is 30.5 Å². The molecule has 0 aliphatic rings. The van der Waals surface area contributed by atoms with Crippen LogP contribution in [0.25, 0.3) is 10.9 Å². The molecule has 18 heavy (non-hydrogen) atoms. The molecule has 2 aromatic rings. The number of hydrogen-bond donors (Lipinski definition) is 2. The van der Waals surface area contributed by atoms with E-state index in [2.05, 4.69) is 10.3 Å². The highest BCUT2D eigenvalue weighted by molar-refractivity contribution is 6.36. The zero-order valence-electron chi connectivity index (χ0n) is 9.18. The van der Waals surface area contributed by atoms with Gasteiger partial charge in [0, 0.05) is 11.6 Å². The van der Waals surface area contributed by atoms with E-state index < -0.39 is 18.3 Å². The van der Waals surface area contributed by atoms with Crippen molar-refractivity contribution >= 4 is 40.1 Å². The Morgan fingerprint density at radius 2 is 2.11 bits per heavy atom. The van der Waals surface area contributed by atoms with Gasteiger partial charge in [-0.15, -0.1) is 0 Å². The van der Waals surface area contributed by atoms with Crippen molar-refractivity contribution in [3.05, 3.63) is 35.5 Å². The van der Waals surface area contributed by atoms with Crippen molar-refractivity contribution in [1.82, 2.24) is 4.98 Å². The average Bonchev–Trinajstić information content (AvgIpc) is 2.32. The largest absolute Gasteiger partial charge is 0.481 e. The van der Waals surface area contributed by atoms with E-state index in [1.807, 2.05) is 0 Å². The van der Waals surface area contributed by atoms with E-state index >= 15 is 0 Å². The molecule has 1 amide bonds. The predicted octanol–water partition coefficient (Wildman–Crippen LogP) is 2.30. The number of nitrogens with zero attached hydrogens (tertiary/aromatic N) is 1. The van der Waals surface area contributed by atoms with Gasteiger partial charge >= 0.3 is 5.97 Å². The summed E-state index contributed by atoms with van der Waals surface area (Å²) in [5, 5.41) is 12.2. The molecule has 5 nitrogen and oxygen atoms in total. The predicted molar refractivity (Wildman–Crippen MR) is 67.6 cm³/mol. The maximum Gasteiger partial charge on any atom is 0.312 e. The molecule has 6 heteroatoms. The van der Waals surface area contributed by atoms with E-state index in [0.717, 1.165) is 0 Å². The summed E-state index contributed by atoms with van der Waals surface area (Å²) in [7, 11) is 0. The van der Waals surface area contributed by atoms with Crippen LogP contribution in [-0.4, -0.2) is 22.0 Å². The fourth-order valence-electron chi connectivity index (χ4n) is 1.57. The second kappa shape index (κ2) is 5.01. The number of aromatic nitrogens is 1. The molecule has 92 valence electrons. The van der Waals surface area contributed by atoms with Crippen molar-refractivity contribution in [2.75, 3.05) is 5.32 Å². The van der Waals surface area contributed by atoms with Crippen molar-refractivity contribution in [3.8, 4) is 0 Å². The van der Waals surface area contributed by atoms with Crippen molar-refractivity contribution in [1.29, 1.82) is 0 Å². The molecule has 0 spiro atoms. The second-order valence-electron chi connectivity index (χ2n) is 3.61. The lowest BCUT2D eigenvalue weighted by Gasteiger charge is -2.07. The van der Waals surface area contributed by atoms with Crippen LogP contribution in [0.2, 0.25) is 5.02 Å². The van der Waals surface area contributed by atoms with Crippen LogP contribution in [0.3, 0.4) is 0 Å². The number of halogens is 1. The molecular formula is C12H9ClN2O3. The molecule has 0 unspecified atom stereocenters. The summed E-state index contributed by atoms with van der Waals surface area (Å²) in [6, 6.07) is 6.73. The van der Waals surface area contributed by atoms with Crippen molar-refractivity contribution < 1.29 is 14.7 Å². The third kappa shape index (κ3) is 2.57. The highest BCUT2D eigenvalue weighted by Gasteiger charge is 2.11. The zero-order valence-corrected chi connectivity index (χ0v) is 9.94. The first-order chi connectivity index (χ1) is 8.58. The highest BCUT2D eigenvalue weighted by atomic mass is 35.5. The van der Waals surface area contributed by atoms with Crippen LogP contribution in [0, 0.1) is 0 Å². The molecule has 1 aromatic carbocycles. The SMILES string of the molecule is O=C(O)CC(=O)Nc1ccc(Cl)c2cccnc12. The summed E-state index contributed by atoms with van der Waals surface area (Å²) in [6.45, 7) is 0. The van der Waals surface area contributed by atoms with E-state index in [4.69, 9.17) is 16.7 Å². The number of fused-ring (bicyclic) bond motifs is 1. The van der Waals surface area contributed by atoms with Gasteiger partial charge in [-0.1, -0.05) is 11.6 Å². The summed E-state index contributed by atoms with van der Waals surface area (Å²) < 4.78 is 0. The molecule has 1 heterocycles. The number of hydrogen-bond acceptors (Lipinski definition) is 3. The number of nitrogens with one attached hydrogen (secondary N) is 1. The number of amides is 1. The van der Waals surface area contributed by atoms with E-state index in [-0.39, 0.29) is 0 Å². The maximum absolute atomic E-state index is 11.4. The number of carboxylic acids is 1. The third-order valence-electron chi connectivity index (χ3n) is 2.30. The lowest BCUT2D eigenvalue weighted by atomic mass is 10.2. The molecular weight excluding hydrogens is 256 g/mol. The quantitative estimate of drug-likeness (QED) is 0.834. The minimum absolute atomic E-state index is 0.446. The molecule has 0 bridgehead atoms. The van der Waals surface area contributed by atoms with Gasteiger partial charge < -0.3 is 10.4 Å². The Morgan fingerprint density at radius 3 is 2.83 bits per heavy atom. The second-order valence-corrected chi connectivity index (χ2v) is 4.02. The molecule has 0 aliphatic carbocycles. The van der Waals surface area contributed by atoms with Crippen molar-refractivity contribution in [3.63, 3.8) is 0 Å². The Morgan fingerprint density at radius 1 is 1.33 bits per heavy atom. The number of aliphatic carboxylic acids is 1. The fourth-order valence-corrected chi connectivity index (χ4v) is 1.79. The number of anilines is 1. The van der Waals surface area contributed by atoms with E-state index in [9.17, 15) is 9.59 Å². The molecule has 0 saturated carbocycles. The van der Waals surface area contributed by atoms with Crippen LogP contribution >= 0.6 is 11.6 Å². The summed E-state index contributed by atoms with van der Waals surface area (Å²) >= 11 is 6.00. The lowest BCUT2D eigenvalue weighted by Crippen LogP contribution is -2.16. The molecule has 2 N–H and O–H groups in total. The lowest BCUT2D eigenvalue weighted by molar-refractivity contribution is -0.139. The summed E-state index contributed by atoms with van der Waals surface area (Å²) in [6.07, 6.45) is 0.989. The van der Waals surface area contributed by atoms with Crippen LogP contribution in [0.1, 0.15) is 6.42 Å². The van der Waals surface area contributed by atoms with Crippen LogP contribution in [0.4, 0.5) is 5.69 Å². The number of carbonyl (C=O) groups excluding carboxylic acids is 1. The Balaban J connectivity index is 2.37. The first-order valence-corrected chi connectivity index (χ1v) is 5.50. The summed E-state index contributed by atoms with van der Waals surface area (Å²) in [5.74, 6) is -1.78. The van der Waals surface area contributed by atoms with Gasteiger partial charge in [0.1, 0.15) is 6.42 Å². The molecule has 2 rings (SSSR count). The Bertz CT molecular complexity index is 628. The van der Waals surface area contributed by atoms with E-state index in [1.165, 1.54) is 0 Å². The van der Waals surface area contributed by atoms with Gasteiger partial charge in [-0.3, -0.25) is 14.6 Å². The van der Waals surface area contributed by atoms with Crippen LogP contribution in [-0.2, 0) is 9.59 Å². The van der Waals surface area contributed by atoms with Gasteiger partial charge in [-0.05, 0) is 24.3 Å². The van der Waals surface area contributed by atoms with Crippen molar-refractivity contribution in [2.45, 2.75) is 6.42 Å². The number of carboxylic acid groups (broad SMARTS) is 1. The van der Waals surface area contributed by atoms with Crippen LogP contribution < -0.4 is 5.32 Å². The maximum atomic E-state index is 11.4. The number of rotatable bonds is 3. The van der Waals surface area contributed by atoms with Gasteiger partial charge in [0.05, 0.1) is 16.2 Å². The summed E-state index contributed by atoms with van der Waals surface area (Å²) in [5.41, 5.74) is 0.977. The monoisotopic (exact) mass is 264 g/mol. The molecule has 0 aliphatic heterocycles.